The van der Waals surface area contributed by atoms with Crippen molar-refractivity contribution in [3.05, 3.63) is 88.8 Å². The zero-order valence-electron chi connectivity index (χ0n) is 38.8. The molecule has 1 aliphatic carbocycles. The van der Waals surface area contributed by atoms with E-state index in [1.165, 1.54) is 44.5 Å². The summed E-state index contributed by atoms with van der Waals surface area (Å²) < 4.78 is 55.7. The molecule has 9 rings (SSSR count). The van der Waals surface area contributed by atoms with Gasteiger partial charge >= 0.3 is 0 Å². The number of benzene rings is 4. The van der Waals surface area contributed by atoms with Crippen molar-refractivity contribution in [1.29, 1.82) is 0 Å². The standard InChI is InChI=1S/C54H66Br2O8/c1-7-11-15-19-33-37-23-38-34(20-16-12-8-2)43-26-44-36(22-18-14-10-4)40-24-39-35(21-17-13-9-3)42-25-41(33)51-45(55)52(42)62-29-59-49(39)32(6)50(40)60-30-64-54(44)46(56)53(43)63-28-58-48(38)31(5)47(37)57-27-61-51/h23-26,33-36H,7-22,27-30H2,1-6H3. The van der Waals surface area contributed by atoms with Crippen LogP contribution in [0.1, 0.15) is 210 Å². The van der Waals surface area contributed by atoms with E-state index in [-0.39, 0.29) is 50.8 Å². The first kappa shape index (κ1) is 45.4. The van der Waals surface area contributed by atoms with Gasteiger partial charge in [-0.1, -0.05) is 105 Å². The van der Waals surface area contributed by atoms with Gasteiger partial charge in [-0.3, -0.25) is 0 Å². The molecule has 0 spiro atoms. The van der Waals surface area contributed by atoms with Crippen molar-refractivity contribution in [1.82, 2.24) is 0 Å². The first-order valence-corrected chi connectivity index (χ1v) is 26.0. The molecule has 4 aromatic carbocycles. The van der Waals surface area contributed by atoms with Crippen LogP contribution in [0.25, 0.3) is 0 Å². The Morgan fingerprint density at radius 2 is 0.547 bits per heavy atom. The third-order valence-electron chi connectivity index (χ3n) is 14.5. The second-order valence-corrected chi connectivity index (χ2v) is 20.1. The van der Waals surface area contributed by atoms with E-state index >= 15 is 0 Å². The van der Waals surface area contributed by atoms with Crippen LogP contribution in [-0.2, 0) is 0 Å². The van der Waals surface area contributed by atoms with Crippen LogP contribution >= 0.6 is 31.9 Å². The maximum atomic E-state index is 6.77. The van der Waals surface area contributed by atoms with Gasteiger partial charge in [0.05, 0.1) is 0 Å². The minimum atomic E-state index is -0.0232. The zero-order valence-corrected chi connectivity index (χ0v) is 42.0. The second-order valence-electron chi connectivity index (χ2n) is 18.6. The second kappa shape index (κ2) is 20.0. The highest BCUT2D eigenvalue weighted by molar-refractivity contribution is 9.11. The molecule has 0 N–H and O–H groups in total. The van der Waals surface area contributed by atoms with Crippen LogP contribution in [0.4, 0.5) is 0 Å². The molecule has 0 radical (unpaired) electrons. The van der Waals surface area contributed by atoms with E-state index in [0.717, 1.165) is 169 Å². The van der Waals surface area contributed by atoms with Crippen LogP contribution in [0.2, 0.25) is 0 Å². The molecule has 8 nitrogen and oxygen atoms in total. The summed E-state index contributed by atoms with van der Waals surface area (Å²) in [5.41, 5.74) is 11.4. The molecule has 4 aliphatic heterocycles. The highest BCUT2D eigenvalue weighted by Gasteiger charge is 2.40. The van der Waals surface area contributed by atoms with Crippen molar-refractivity contribution >= 4 is 31.9 Å². The molecule has 5 aliphatic rings. The summed E-state index contributed by atoms with van der Waals surface area (Å²) in [4.78, 5) is 0. The average molecular weight is 1000 g/mol. The molecular weight excluding hydrogens is 936 g/mol. The lowest BCUT2D eigenvalue weighted by atomic mass is 9.75. The van der Waals surface area contributed by atoms with Gasteiger partial charge in [-0.25, -0.2) is 0 Å². The Morgan fingerprint density at radius 1 is 0.344 bits per heavy atom. The minimum Gasteiger partial charge on any atom is -0.457 e. The van der Waals surface area contributed by atoms with Crippen LogP contribution in [0, 0.1) is 13.8 Å². The van der Waals surface area contributed by atoms with Crippen LogP contribution in [-0.4, -0.2) is 27.2 Å². The smallest absolute Gasteiger partial charge is 0.230 e. The molecule has 0 saturated heterocycles. The number of halogens is 2. The largest absolute Gasteiger partial charge is 0.457 e. The molecule has 64 heavy (non-hydrogen) atoms. The monoisotopic (exact) mass is 1000 g/mol. The Kier molecular flexibility index (Phi) is 14.2. The topological polar surface area (TPSA) is 73.8 Å². The summed E-state index contributed by atoms with van der Waals surface area (Å²) in [6, 6.07) is 9.78. The predicted molar refractivity (Wildman–Crippen MR) is 259 cm³/mol. The lowest BCUT2D eigenvalue weighted by Crippen LogP contribution is -2.24. The van der Waals surface area contributed by atoms with Crippen molar-refractivity contribution in [2.75, 3.05) is 27.2 Å². The Bertz CT molecular complexity index is 1910. The maximum absolute atomic E-state index is 6.77. The molecule has 4 heterocycles. The third-order valence-corrected chi connectivity index (χ3v) is 16.0. The molecule has 4 aromatic rings. The Morgan fingerprint density at radius 3 is 0.766 bits per heavy atom. The number of hydrogen-bond acceptors (Lipinski definition) is 8. The summed E-state index contributed by atoms with van der Waals surface area (Å²) in [5, 5.41) is 0. The summed E-state index contributed by atoms with van der Waals surface area (Å²) in [7, 11) is 0. The summed E-state index contributed by atoms with van der Waals surface area (Å²) in [5.74, 6) is 6.38. The fourth-order valence-electron chi connectivity index (χ4n) is 11.3. The summed E-state index contributed by atoms with van der Waals surface area (Å²) in [6.45, 7) is 13.6. The van der Waals surface area contributed by atoms with Gasteiger partial charge < -0.3 is 37.9 Å². The van der Waals surface area contributed by atoms with Crippen molar-refractivity contribution in [3.8, 4) is 46.0 Å². The van der Waals surface area contributed by atoms with Crippen LogP contribution in [0.15, 0.2) is 33.2 Å². The summed E-state index contributed by atoms with van der Waals surface area (Å²) >= 11 is 8.25. The molecular formula is C54H66Br2O8. The van der Waals surface area contributed by atoms with Crippen LogP contribution in [0.5, 0.6) is 46.0 Å². The fraction of sp³-hybridized carbons (Fsp3) is 0.556. The molecule has 8 bridgehead atoms. The van der Waals surface area contributed by atoms with Crippen LogP contribution < -0.4 is 37.9 Å². The normalized spacial score (nSPS) is 19.8. The Balaban J connectivity index is 1.44. The quantitative estimate of drug-likeness (QED) is 0.103. The van der Waals surface area contributed by atoms with Gasteiger partial charge in [0, 0.05) is 79.3 Å². The molecule has 10 heteroatoms. The van der Waals surface area contributed by atoms with Crippen molar-refractivity contribution in [2.24, 2.45) is 0 Å². The molecule has 4 unspecified atom stereocenters. The highest BCUT2D eigenvalue weighted by atomic mass is 79.9. The van der Waals surface area contributed by atoms with Gasteiger partial charge in [-0.2, -0.15) is 0 Å². The third kappa shape index (κ3) is 8.23. The lowest BCUT2D eigenvalue weighted by molar-refractivity contribution is 0.0955. The molecule has 0 saturated carbocycles. The Hall–Kier alpha value is -3.76. The van der Waals surface area contributed by atoms with E-state index < -0.39 is 0 Å². The van der Waals surface area contributed by atoms with Gasteiger partial charge in [-0.05, 0) is 95.7 Å². The van der Waals surface area contributed by atoms with E-state index in [1.54, 1.807) is 0 Å². The van der Waals surface area contributed by atoms with Crippen LogP contribution in [0.3, 0.4) is 0 Å². The van der Waals surface area contributed by atoms with Gasteiger partial charge in [-0.15, -0.1) is 0 Å². The van der Waals surface area contributed by atoms with E-state index in [4.69, 9.17) is 37.9 Å². The average Bonchev–Trinajstić information content (AvgIpc) is 3.26. The summed E-state index contributed by atoms with van der Waals surface area (Å²) in [6.07, 6.45) is 17.0. The maximum Gasteiger partial charge on any atom is 0.230 e. The van der Waals surface area contributed by atoms with Crippen molar-refractivity contribution in [3.63, 3.8) is 0 Å². The molecule has 0 amide bonds. The van der Waals surface area contributed by atoms with Gasteiger partial charge in [0.2, 0.25) is 27.2 Å². The number of hydrogen-bond donors (Lipinski definition) is 0. The van der Waals surface area contributed by atoms with E-state index in [1.807, 2.05) is 0 Å². The minimum absolute atomic E-state index is 0.0232. The number of rotatable bonds is 16. The predicted octanol–water partition coefficient (Wildman–Crippen LogP) is 15.9. The number of ether oxygens (including phenoxy) is 8. The molecule has 344 valence electrons. The molecule has 0 fully saturated rings. The molecule has 4 atom stereocenters. The SMILES string of the molecule is CCCCCC1c2cc3c4c(C)c2OCOc2c1cc1c(c2Br)OCOc2c(cc5c(c2C)OCOc2c(cc(c(c2Br)OCO4)C3CCCCC)C5CCCCC)C1CCCCC. The van der Waals surface area contributed by atoms with Gasteiger partial charge in [0.25, 0.3) is 0 Å². The fourth-order valence-corrected chi connectivity index (χ4v) is 12.7. The Labute approximate surface area is 397 Å². The molecule has 0 aromatic heterocycles. The van der Waals surface area contributed by atoms with Gasteiger partial charge in [0.1, 0.15) is 54.9 Å². The van der Waals surface area contributed by atoms with Gasteiger partial charge in [0.15, 0.2) is 0 Å². The highest BCUT2D eigenvalue weighted by Crippen LogP contribution is 2.59. The van der Waals surface area contributed by atoms with E-state index in [0.29, 0.717) is 0 Å². The van der Waals surface area contributed by atoms with Crippen molar-refractivity contribution < 1.29 is 37.9 Å². The first-order valence-electron chi connectivity index (χ1n) is 24.4. The number of unbranched alkanes of at least 4 members (excludes halogenated alkanes) is 8. The van der Waals surface area contributed by atoms with E-state index in [9.17, 15) is 0 Å². The van der Waals surface area contributed by atoms with Crippen molar-refractivity contribution in [2.45, 2.75) is 168 Å². The lowest BCUT2D eigenvalue weighted by Gasteiger charge is -2.37. The van der Waals surface area contributed by atoms with E-state index in [2.05, 4.69) is 97.7 Å². The first-order chi connectivity index (χ1) is 31.3. The zero-order chi connectivity index (χ0) is 44.5.